The van der Waals surface area contributed by atoms with Crippen LogP contribution in [-0.4, -0.2) is 44.9 Å². The molecule has 1 saturated heterocycles. The summed E-state index contributed by atoms with van der Waals surface area (Å²) in [7, 11) is 0. The Morgan fingerprint density at radius 2 is 2.04 bits per heavy atom. The van der Waals surface area contributed by atoms with Crippen molar-refractivity contribution in [2.45, 2.75) is 32.7 Å². The Kier molecular flexibility index (Phi) is 4.48. The summed E-state index contributed by atoms with van der Waals surface area (Å²) in [5.41, 5.74) is 2.72. The predicted molar refractivity (Wildman–Crippen MR) is 88.6 cm³/mol. The predicted octanol–water partition coefficient (Wildman–Crippen LogP) is 2.41. The lowest BCUT2D eigenvalue weighted by Gasteiger charge is -2.37. The Morgan fingerprint density at radius 1 is 1.30 bits per heavy atom. The van der Waals surface area contributed by atoms with Crippen molar-refractivity contribution in [3.63, 3.8) is 0 Å². The molecule has 0 spiro atoms. The number of benzene rings is 1. The molecule has 23 heavy (non-hydrogen) atoms. The van der Waals surface area contributed by atoms with Crippen LogP contribution in [0.15, 0.2) is 36.7 Å². The van der Waals surface area contributed by atoms with E-state index in [-0.39, 0.29) is 24.5 Å². The van der Waals surface area contributed by atoms with Crippen LogP contribution >= 0.6 is 0 Å². The van der Waals surface area contributed by atoms with Gasteiger partial charge in [-0.1, -0.05) is 0 Å². The number of hydrogen-bond acceptors (Lipinski definition) is 3. The fourth-order valence-corrected chi connectivity index (χ4v) is 3.09. The molecule has 0 aliphatic carbocycles. The Hall–Kier alpha value is -2.14. The van der Waals surface area contributed by atoms with E-state index < -0.39 is 0 Å². The number of hydrogen-bond donors (Lipinski definition) is 1. The summed E-state index contributed by atoms with van der Waals surface area (Å²) in [6.45, 7) is 4.85. The average molecular weight is 313 g/mol. The number of aliphatic hydroxyl groups excluding tert-OH is 1. The quantitative estimate of drug-likeness (QED) is 0.946. The van der Waals surface area contributed by atoms with Gasteiger partial charge < -0.3 is 10.0 Å². The van der Waals surface area contributed by atoms with E-state index in [0.717, 1.165) is 24.1 Å². The van der Waals surface area contributed by atoms with E-state index in [4.69, 9.17) is 0 Å². The molecule has 2 aromatic rings. The highest BCUT2D eigenvalue weighted by Crippen LogP contribution is 2.23. The molecule has 5 nitrogen and oxygen atoms in total. The van der Waals surface area contributed by atoms with Crippen molar-refractivity contribution >= 4 is 5.91 Å². The smallest absolute Gasteiger partial charge is 0.254 e. The van der Waals surface area contributed by atoms with Crippen molar-refractivity contribution < 1.29 is 9.90 Å². The van der Waals surface area contributed by atoms with Gasteiger partial charge in [-0.3, -0.25) is 4.79 Å². The number of carbonyl (C=O) groups excluding carboxylic acids is 1. The lowest BCUT2D eigenvalue weighted by atomic mass is 9.93. The molecule has 1 aliphatic rings. The summed E-state index contributed by atoms with van der Waals surface area (Å²) in [4.78, 5) is 14.6. The van der Waals surface area contributed by atoms with Gasteiger partial charge in [-0.15, -0.1) is 0 Å². The van der Waals surface area contributed by atoms with Gasteiger partial charge in [-0.25, -0.2) is 4.68 Å². The van der Waals surface area contributed by atoms with Gasteiger partial charge in [0.05, 0.1) is 11.9 Å². The maximum Gasteiger partial charge on any atom is 0.254 e. The van der Waals surface area contributed by atoms with Crippen LogP contribution in [0.2, 0.25) is 0 Å². The van der Waals surface area contributed by atoms with Crippen LogP contribution in [0, 0.1) is 12.8 Å². The molecule has 2 atom stereocenters. The van der Waals surface area contributed by atoms with Crippen molar-refractivity contribution in [2.75, 3.05) is 13.2 Å². The summed E-state index contributed by atoms with van der Waals surface area (Å²) < 4.78 is 1.80. The molecule has 3 rings (SSSR count). The molecule has 0 radical (unpaired) electrons. The fraction of sp³-hybridized carbons (Fsp3) is 0.444. The maximum atomic E-state index is 12.7. The van der Waals surface area contributed by atoms with Crippen LogP contribution in [0.5, 0.6) is 0 Å². The van der Waals surface area contributed by atoms with Crippen LogP contribution in [0.4, 0.5) is 0 Å². The number of aryl methyl sites for hydroxylation is 1. The number of piperidine rings is 1. The highest BCUT2D eigenvalue weighted by atomic mass is 16.3. The second kappa shape index (κ2) is 6.54. The van der Waals surface area contributed by atoms with E-state index in [1.807, 2.05) is 48.5 Å². The van der Waals surface area contributed by atoms with E-state index in [1.165, 1.54) is 0 Å². The summed E-state index contributed by atoms with van der Waals surface area (Å²) in [5.74, 6) is 0.236. The molecule has 0 saturated carbocycles. The van der Waals surface area contributed by atoms with Crippen LogP contribution in [0.25, 0.3) is 5.69 Å². The molecular formula is C18H23N3O2. The molecule has 2 unspecified atom stereocenters. The molecule has 122 valence electrons. The molecular weight excluding hydrogens is 290 g/mol. The molecule has 0 bridgehead atoms. The second-order valence-corrected chi connectivity index (χ2v) is 6.44. The van der Waals surface area contributed by atoms with Crippen molar-refractivity contribution in [1.82, 2.24) is 14.7 Å². The van der Waals surface area contributed by atoms with Crippen LogP contribution in [0.1, 0.15) is 35.7 Å². The van der Waals surface area contributed by atoms with Gasteiger partial charge in [-0.2, -0.15) is 5.10 Å². The lowest BCUT2D eigenvalue weighted by Crippen LogP contribution is -2.46. The second-order valence-electron chi connectivity index (χ2n) is 6.44. The molecule has 1 fully saturated rings. The zero-order valence-electron chi connectivity index (χ0n) is 13.6. The number of amides is 1. The Labute approximate surface area is 136 Å². The lowest BCUT2D eigenvalue weighted by molar-refractivity contribution is 0.0489. The first-order valence-corrected chi connectivity index (χ1v) is 8.12. The molecule has 1 aromatic carbocycles. The third-order valence-electron chi connectivity index (χ3n) is 4.59. The van der Waals surface area contributed by atoms with E-state index >= 15 is 0 Å². The topological polar surface area (TPSA) is 58.4 Å². The minimum Gasteiger partial charge on any atom is -0.396 e. The number of nitrogens with zero attached hydrogens (tertiary/aromatic N) is 3. The van der Waals surface area contributed by atoms with Crippen molar-refractivity contribution in [1.29, 1.82) is 0 Å². The first-order valence-electron chi connectivity index (χ1n) is 8.12. The summed E-state index contributed by atoms with van der Waals surface area (Å²) in [6.07, 6.45) is 5.69. The number of likely N-dealkylation sites (tertiary alicyclic amines) is 1. The molecule has 1 N–H and O–H groups in total. The van der Waals surface area contributed by atoms with Crippen molar-refractivity contribution in [2.24, 2.45) is 5.92 Å². The van der Waals surface area contributed by atoms with Crippen molar-refractivity contribution in [3.8, 4) is 5.69 Å². The Bertz CT molecular complexity index is 678. The first kappa shape index (κ1) is 15.7. The zero-order chi connectivity index (χ0) is 16.4. The number of aliphatic hydroxyl groups is 1. The summed E-state index contributed by atoms with van der Waals surface area (Å²) in [6, 6.07) is 7.75. The van der Waals surface area contributed by atoms with E-state index in [1.54, 1.807) is 4.68 Å². The van der Waals surface area contributed by atoms with E-state index in [2.05, 4.69) is 12.0 Å². The van der Waals surface area contributed by atoms with Gasteiger partial charge in [-0.05, 0) is 62.4 Å². The highest BCUT2D eigenvalue weighted by Gasteiger charge is 2.29. The standard InChI is InChI=1S/C18H23N3O2/c1-13-9-19-21(10-13)17-7-5-16(6-8-17)18(23)20-11-15(12-22)4-3-14(20)2/h5-10,14-15,22H,3-4,11-12H2,1-2H3. The number of aromatic nitrogens is 2. The maximum absolute atomic E-state index is 12.7. The van der Waals surface area contributed by atoms with Gasteiger partial charge in [0, 0.05) is 31.0 Å². The van der Waals surface area contributed by atoms with Gasteiger partial charge >= 0.3 is 0 Å². The molecule has 1 amide bonds. The van der Waals surface area contributed by atoms with E-state index in [9.17, 15) is 9.90 Å². The van der Waals surface area contributed by atoms with Gasteiger partial charge in [0.25, 0.3) is 5.91 Å². The average Bonchev–Trinajstić information content (AvgIpc) is 3.01. The Balaban J connectivity index is 1.77. The molecule has 5 heteroatoms. The first-order chi connectivity index (χ1) is 11.1. The molecule has 2 heterocycles. The SMILES string of the molecule is Cc1cnn(-c2ccc(C(=O)N3CC(CO)CCC3C)cc2)c1. The fourth-order valence-electron chi connectivity index (χ4n) is 3.09. The van der Waals surface area contributed by atoms with Crippen LogP contribution < -0.4 is 0 Å². The zero-order valence-corrected chi connectivity index (χ0v) is 13.6. The third-order valence-corrected chi connectivity index (χ3v) is 4.59. The van der Waals surface area contributed by atoms with E-state index in [0.29, 0.717) is 12.1 Å². The summed E-state index contributed by atoms with van der Waals surface area (Å²) >= 11 is 0. The van der Waals surface area contributed by atoms with Gasteiger partial charge in [0.15, 0.2) is 0 Å². The van der Waals surface area contributed by atoms with Gasteiger partial charge in [0.1, 0.15) is 0 Å². The minimum absolute atomic E-state index is 0.0406. The monoisotopic (exact) mass is 313 g/mol. The minimum atomic E-state index is 0.0406. The largest absolute Gasteiger partial charge is 0.396 e. The number of carbonyl (C=O) groups is 1. The van der Waals surface area contributed by atoms with Gasteiger partial charge in [0.2, 0.25) is 0 Å². The molecule has 1 aliphatic heterocycles. The van der Waals surface area contributed by atoms with Crippen molar-refractivity contribution in [3.05, 3.63) is 47.8 Å². The summed E-state index contributed by atoms with van der Waals surface area (Å²) in [5, 5.41) is 13.6. The Morgan fingerprint density at radius 3 is 2.65 bits per heavy atom. The normalized spacial score (nSPS) is 21.4. The molecule has 1 aromatic heterocycles. The highest BCUT2D eigenvalue weighted by molar-refractivity contribution is 5.94. The van der Waals surface area contributed by atoms with Crippen LogP contribution in [0.3, 0.4) is 0 Å². The third kappa shape index (κ3) is 3.29. The van der Waals surface area contributed by atoms with Crippen LogP contribution in [-0.2, 0) is 0 Å². The number of rotatable bonds is 3.